The van der Waals surface area contributed by atoms with Crippen molar-refractivity contribution in [3.8, 4) is 5.75 Å². The summed E-state index contributed by atoms with van der Waals surface area (Å²) in [5, 5.41) is 23.1. The van der Waals surface area contributed by atoms with Gasteiger partial charge in [0.05, 0.1) is 11.3 Å². The van der Waals surface area contributed by atoms with Crippen LogP contribution in [0.5, 0.6) is 5.75 Å². The predicted molar refractivity (Wildman–Crippen MR) is 70.5 cm³/mol. The first-order valence-corrected chi connectivity index (χ1v) is 5.79. The fourth-order valence-electron chi connectivity index (χ4n) is 1.40. The molecule has 0 aliphatic heterocycles. The highest BCUT2D eigenvalue weighted by Gasteiger charge is 2.09. The largest absolute Gasteiger partial charge is 0.506 e. The van der Waals surface area contributed by atoms with E-state index in [1.54, 1.807) is 0 Å². The molecule has 20 heavy (non-hydrogen) atoms. The van der Waals surface area contributed by atoms with Crippen LogP contribution in [0, 0.1) is 0 Å². The molecular formula is C12H15N3O5. The molecule has 0 bridgehead atoms. The van der Waals surface area contributed by atoms with Crippen molar-refractivity contribution in [2.24, 2.45) is 5.73 Å². The van der Waals surface area contributed by atoms with Crippen molar-refractivity contribution in [2.75, 3.05) is 11.9 Å². The van der Waals surface area contributed by atoms with E-state index in [0.717, 1.165) is 6.07 Å². The van der Waals surface area contributed by atoms with Gasteiger partial charge < -0.3 is 26.6 Å². The summed E-state index contributed by atoms with van der Waals surface area (Å²) in [4.78, 5) is 32.6. The molecule has 0 heterocycles. The van der Waals surface area contributed by atoms with Crippen LogP contribution in [0.25, 0.3) is 0 Å². The SMILES string of the molecule is NC(=O)CCCNC(=O)Nc1ccc(C(=O)O)cc1O. The molecule has 0 spiro atoms. The standard InChI is InChI=1S/C12H15N3O5/c13-10(17)2-1-5-14-12(20)15-8-4-3-7(11(18)19)6-9(8)16/h3-4,6,16H,1-2,5H2,(H2,13,17)(H,18,19)(H2,14,15,20). The minimum absolute atomic E-state index is 0.0856. The molecule has 8 nitrogen and oxygen atoms in total. The molecule has 8 heteroatoms. The van der Waals surface area contributed by atoms with E-state index in [-0.39, 0.29) is 30.0 Å². The Bertz CT molecular complexity index is 530. The van der Waals surface area contributed by atoms with Crippen LogP contribution >= 0.6 is 0 Å². The summed E-state index contributed by atoms with van der Waals surface area (Å²) in [7, 11) is 0. The lowest BCUT2D eigenvalue weighted by Crippen LogP contribution is -2.30. The Hall–Kier alpha value is -2.77. The molecule has 1 aromatic rings. The highest BCUT2D eigenvalue weighted by molar-refractivity contribution is 5.93. The normalized spacial score (nSPS) is 9.80. The van der Waals surface area contributed by atoms with Gasteiger partial charge in [-0.1, -0.05) is 0 Å². The van der Waals surface area contributed by atoms with Gasteiger partial charge in [-0.3, -0.25) is 4.79 Å². The first kappa shape index (κ1) is 15.3. The van der Waals surface area contributed by atoms with E-state index >= 15 is 0 Å². The third kappa shape index (κ3) is 4.84. The summed E-state index contributed by atoms with van der Waals surface area (Å²) in [6, 6.07) is 2.99. The van der Waals surface area contributed by atoms with Gasteiger partial charge in [0.25, 0.3) is 0 Å². The number of phenolic OH excluding ortho intramolecular Hbond substituents is 1. The third-order valence-corrected chi connectivity index (χ3v) is 2.38. The number of rotatable bonds is 6. The third-order valence-electron chi connectivity index (χ3n) is 2.38. The molecule has 3 amide bonds. The number of primary amides is 1. The Morgan fingerprint density at radius 3 is 2.50 bits per heavy atom. The number of nitrogens with two attached hydrogens (primary N) is 1. The molecular weight excluding hydrogens is 266 g/mol. The first-order valence-electron chi connectivity index (χ1n) is 5.79. The second-order valence-electron chi connectivity index (χ2n) is 3.99. The summed E-state index contributed by atoms with van der Waals surface area (Å²) < 4.78 is 0. The number of phenols is 1. The quantitative estimate of drug-likeness (QED) is 0.381. The highest BCUT2D eigenvalue weighted by Crippen LogP contribution is 2.24. The minimum atomic E-state index is -1.18. The zero-order valence-corrected chi connectivity index (χ0v) is 10.5. The van der Waals surface area contributed by atoms with E-state index in [2.05, 4.69) is 10.6 Å². The number of carbonyl (C=O) groups excluding carboxylic acids is 2. The summed E-state index contributed by atoms with van der Waals surface area (Å²) in [5.41, 5.74) is 4.94. The first-order chi connectivity index (χ1) is 9.40. The Balaban J connectivity index is 2.50. The smallest absolute Gasteiger partial charge is 0.335 e. The van der Waals surface area contributed by atoms with Crippen LogP contribution in [0.4, 0.5) is 10.5 Å². The van der Waals surface area contributed by atoms with E-state index < -0.39 is 17.9 Å². The second-order valence-corrected chi connectivity index (χ2v) is 3.99. The zero-order valence-electron chi connectivity index (χ0n) is 10.5. The molecule has 0 radical (unpaired) electrons. The van der Waals surface area contributed by atoms with Crippen molar-refractivity contribution >= 4 is 23.6 Å². The number of aromatic hydroxyl groups is 1. The van der Waals surface area contributed by atoms with E-state index in [1.807, 2.05) is 0 Å². The molecule has 0 aromatic heterocycles. The zero-order chi connectivity index (χ0) is 15.1. The lowest BCUT2D eigenvalue weighted by Gasteiger charge is -2.09. The van der Waals surface area contributed by atoms with E-state index in [0.29, 0.717) is 6.42 Å². The number of carboxylic acid groups (broad SMARTS) is 1. The molecule has 0 saturated heterocycles. The van der Waals surface area contributed by atoms with Crippen LogP contribution < -0.4 is 16.4 Å². The van der Waals surface area contributed by atoms with Crippen LogP contribution in [-0.4, -0.2) is 34.7 Å². The van der Waals surface area contributed by atoms with Gasteiger partial charge in [0.15, 0.2) is 0 Å². The van der Waals surface area contributed by atoms with Crippen molar-refractivity contribution in [2.45, 2.75) is 12.8 Å². The molecule has 0 aliphatic carbocycles. The van der Waals surface area contributed by atoms with Gasteiger partial charge >= 0.3 is 12.0 Å². The topological polar surface area (TPSA) is 142 Å². The maximum Gasteiger partial charge on any atom is 0.335 e. The van der Waals surface area contributed by atoms with Crippen LogP contribution in [0.2, 0.25) is 0 Å². The number of carboxylic acids is 1. The molecule has 0 fully saturated rings. The summed E-state index contributed by atoms with van der Waals surface area (Å²) in [6.07, 6.45) is 0.575. The van der Waals surface area contributed by atoms with Crippen molar-refractivity contribution in [3.63, 3.8) is 0 Å². The molecule has 1 rings (SSSR count). The van der Waals surface area contributed by atoms with Crippen LogP contribution in [0.1, 0.15) is 23.2 Å². The number of anilines is 1. The molecule has 0 aliphatic rings. The van der Waals surface area contributed by atoms with Gasteiger partial charge in [-0.15, -0.1) is 0 Å². The molecule has 0 saturated carbocycles. The van der Waals surface area contributed by atoms with Crippen LogP contribution in [-0.2, 0) is 4.79 Å². The van der Waals surface area contributed by atoms with E-state index in [1.165, 1.54) is 12.1 Å². The van der Waals surface area contributed by atoms with Gasteiger partial charge in [0.2, 0.25) is 5.91 Å². The number of carbonyl (C=O) groups is 3. The molecule has 0 unspecified atom stereocenters. The predicted octanol–water partition coefficient (Wildman–Crippen LogP) is 0.477. The van der Waals surface area contributed by atoms with E-state index in [9.17, 15) is 19.5 Å². The number of benzene rings is 1. The lowest BCUT2D eigenvalue weighted by atomic mass is 10.2. The molecule has 1 aromatic carbocycles. The summed E-state index contributed by atoms with van der Waals surface area (Å²) in [5.74, 6) is -1.98. The number of hydrogen-bond acceptors (Lipinski definition) is 4. The van der Waals surface area contributed by atoms with Crippen molar-refractivity contribution in [1.82, 2.24) is 5.32 Å². The van der Waals surface area contributed by atoms with Gasteiger partial charge in [0.1, 0.15) is 5.75 Å². The van der Waals surface area contributed by atoms with Gasteiger partial charge in [-0.25, -0.2) is 9.59 Å². The van der Waals surface area contributed by atoms with Crippen molar-refractivity contribution < 1.29 is 24.6 Å². The Kier molecular flexibility index (Phi) is 5.33. The fraction of sp³-hybridized carbons (Fsp3) is 0.250. The number of amides is 3. The maximum atomic E-state index is 11.5. The van der Waals surface area contributed by atoms with Gasteiger partial charge in [-0.05, 0) is 24.6 Å². The highest BCUT2D eigenvalue weighted by atomic mass is 16.4. The average molecular weight is 281 g/mol. The van der Waals surface area contributed by atoms with Crippen LogP contribution in [0.15, 0.2) is 18.2 Å². The Morgan fingerprint density at radius 1 is 1.25 bits per heavy atom. The Morgan fingerprint density at radius 2 is 1.95 bits per heavy atom. The second kappa shape index (κ2) is 6.98. The van der Waals surface area contributed by atoms with E-state index in [4.69, 9.17) is 10.8 Å². The number of urea groups is 1. The molecule has 0 atom stereocenters. The Labute approximate surface area is 114 Å². The summed E-state index contributed by atoms with van der Waals surface area (Å²) in [6.45, 7) is 0.253. The number of nitrogens with one attached hydrogen (secondary N) is 2. The lowest BCUT2D eigenvalue weighted by molar-refractivity contribution is -0.118. The fourth-order valence-corrected chi connectivity index (χ4v) is 1.40. The average Bonchev–Trinajstić information content (AvgIpc) is 2.36. The van der Waals surface area contributed by atoms with Crippen molar-refractivity contribution in [1.29, 1.82) is 0 Å². The van der Waals surface area contributed by atoms with Gasteiger partial charge in [0, 0.05) is 13.0 Å². The number of hydrogen-bond donors (Lipinski definition) is 5. The molecule has 108 valence electrons. The molecule has 6 N–H and O–H groups in total. The monoisotopic (exact) mass is 281 g/mol. The van der Waals surface area contributed by atoms with Crippen LogP contribution in [0.3, 0.4) is 0 Å². The van der Waals surface area contributed by atoms with Crippen molar-refractivity contribution in [3.05, 3.63) is 23.8 Å². The van der Waals surface area contributed by atoms with Gasteiger partial charge in [-0.2, -0.15) is 0 Å². The summed E-state index contributed by atoms with van der Waals surface area (Å²) >= 11 is 0. The maximum absolute atomic E-state index is 11.5. The minimum Gasteiger partial charge on any atom is -0.506 e. The number of aromatic carboxylic acids is 1.